The number of pyridine rings is 1. The molecule has 0 aliphatic carbocycles. The number of aromatic nitrogens is 1. The lowest BCUT2D eigenvalue weighted by Crippen LogP contribution is -2.26. The van der Waals surface area contributed by atoms with E-state index in [4.69, 9.17) is 4.74 Å². The van der Waals surface area contributed by atoms with Gasteiger partial charge in [0, 0.05) is 29.6 Å². The minimum absolute atomic E-state index is 0.0680. The predicted molar refractivity (Wildman–Crippen MR) is 106 cm³/mol. The minimum Gasteiger partial charge on any atom is -0.493 e. The van der Waals surface area contributed by atoms with Crippen LogP contribution in [0.3, 0.4) is 0 Å². The molecule has 0 unspecified atom stereocenters. The zero-order valence-corrected chi connectivity index (χ0v) is 17.2. The molecule has 3 aromatic rings. The molecular formula is C21H16F5N3O4. The number of nitro benzene ring substituents is 1. The summed E-state index contributed by atoms with van der Waals surface area (Å²) >= 11 is 0. The Bertz CT molecular complexity index is 1240. The molecule has 1 heterocycles. The predicted octanol–water partition coefficient (Wildman–Crippen LogP) is 4.80. The molecule has 0 aliphatic heterocycles. The van der Waals surface area contributed by atoms with Gasteiger partial charge in [-0.15, -0.1) is 0 Å². The molecule has 7 nitrogen and oxygen atoms in total. The molecular weight excluding hydrogens is 453 g/mol. The number of amides is 1. The SMILES string of the molecule is CC(C)COc1cc(C(=O)NCc2c(F)c(F)c(F)c(F)c2F)nc2c([N+](=O)[O-])cccc12. The number of nitrogens with zero attached hydrogens (tertiary/aromatic N) is 2. The summed E-state index contributed by atoms with van der Waals surface area (Å²) in [7, 11) is 0. The van der Waals surface area contributed by atoms with Gasteiger partial charge in [0.25, 0.3) is 11.6 Å². The smallest absolute Gasteiger partial charge is 0.295 e. The van der Waals surface area contributed by atoms with Gasteiger partial charge >= 0.3 is 0 Å². The van der Waals surface area contributed by atoms with E-state index in [9.17, 15) is 36.9 Å². The van der Waals surface area contributed by atoms with Gasteiger partial charge in [-0.05, 0) is 12.0 Å². The second-order valence-corrected chi connectivity index (χ2v) is 7.37. The Morgan fingerprint density at radius 2 is 1.70 bits per heavy atom. The molecule has 0 atom stereocenters. The van der Waals surface area contributed by atoms with Crippen LogP contribution in [0, 0.1) is 45.1 Å². The lowest BCUT2D eigenvalue weighted by atomic mass is 10.1. The summed E-state index contributed by atoms with van der Waals surface area (Å²) in [6.45, 7) is 2.85. The van der Waals surface area contributed by atoms with Crippen LogP contribution >= 0.6 is 0 Å². The Morgan fingerprint density at radius 1 is 1.09 bits per heavy atom. The zero-order valence-electron chi connectivity index (χ0n) is 17.2. The Labute approximate surface area is 183 Å². The van der Waals surface area contributed by atoms with E-state index in [1.54, 1.807) is 0 Å². The van der Waals surface area contributed by atoms with E-state index in [1.165, 1.54) is 18.2 Å². The third kappa shape index (κ3) is 4.69. The number of carbonyl (C=O) groups is 1. The lowest BCUT2D eigenvalue weighted by molar-refractivity contribution is -0.383. The highest BCUT2D eigenvalue weighted by Gasteiger charge is 2.26. The van der Waals surface area contributed by atoms with Gasteiger partial charge in [0.1, 0.15) is 11.4 Å². The van der Waals surface area contributed by atoms with Crippen LogP contribution in [0.5, 0.6) is 5.75 Å². The van der Waals surface area contributed by atoms with Gasteiger partial charge in [0.2, 0.25) is 5.82 Å². The summed E-state index contributed by atoms with van der Waals surface area (Å²) in [6, 6.07) is 5.25. The molecule has 174 valence electrons. The standard InChI is InChI=1S/C21H16F5N3O4/c1-9(2)8-33-14-6-12(28-20-10(14)4-3-5-13(20)29(31)32)21(30)27-7-11-15(22)17(24)19(26)18(25)16(11)23/h3-6,9H,7-8H2,1-2H3,(H,27,30). The zero-order chi connectivity index (χ0) is 24.4. The normalized spacial score (nSPS) is 11.2. The van der Waals surface area contributed by atoms with Crippen molar-refractivity contribution in [1.82, 2.24) is 10.3 Å². The molecule has 12 heteroatoms. The van der Waals surface area contributed by atoms with Crippen molar-refractivity contribution >= 4 is 22.5 Å². The van der Waals surface area contributed by atoms with Crippen molar-refractivity contribution in [1.29, 1.82) is 0 Å². The molecule has 0 aliphatic rings. The number of carbonyl (C=O) groups excluding carboxylic acids is 1. The van der Waals surface area contributed by atoms with Gasteiger partial charge in [-0.25, -0.2) is 26.9 Å². The number of halogens is 5. The number of nitrogens with one attached hydrogen (secondary N) is 1. The first-order valence-electron chi connectivity index (χ1n) is 9.52. The van der Waals surface area contributed by atoms with E-state index in [2.05, 4.69) is 4.98 Å². The van der Waals surface area contributed by atoms with Gasteiger partial charge in [-0.3, -0.25) is 14.9 Å². The van der Waals surface area contributed by atoms with Crippen LogP contribution in [-0.2, 0) is 6.54 Å². The van der Waals surface area contributed by atoms with E-state index in [0.29, 0.717) is 0 Å². The fraction of sp³-hybridized carbons (Fsp3) is 0.238. The molecule has 1 aromatic heterocycles. The van der Waals surface area contributed by atoms with Crippen LogP contribution in [0.2, 0.25) is 0 Å². The largest absolute Gasteiger partial charge is 0.493 e. The summed E-state index contributed by atoms with van der Waals surface area (Å²) in [5, 5.41) is 13.7. The quantitative estimate of drug-likeness (QED) is 0.176. The monoisotopic (exact) mass is 469 g/mol. The first-order valence-corrected chi connectivity index (χ1v) is 9.52. The number of hydrogen-bond donors (Lipinski definition) is 1. The highest BCUT2D eigenvalue weighted by atomic mass is 19.2. The molecule has 33 heavy (non-hydrogen) atoms. The van der Waals surface area contributed by atoms with Crippen LogP contribution in [0.4, 0.5) is 27.6 Å². The number of ether oxygens (including phenoxy) is 1. The summed E-state index contributed by atoms with van der Waals surface area (Å²) in [5.41, 5.74) is -2.26. The number of para-hydroxylation sites is 1. The molecule has 0 radical (unpaired) electrons. The van der Waals surface area contributed by atoms with Gasteiger partial charge in [0.15, 0.2) is 28.8 Å². The van der Waals surface area contributed by atoms with Crippen LogP contribution in [0.25, 0.3) is 10.9 Å². The molecule has 0 saturated heterocycles. The van der Waals surface area contributed by atoms with Crippen LogP contribution < -0.4 is 10.1 Å². The topological polar surface area (TPSA) is 94.4 Å². The van der Waals surface area contributed by atoms with Crippen molar-refractivity contribution in [3.05, 3.63) is 74.7 Å². The Kier molecular flexibility index (Phi) is 6.75. The molecule has 3 rings (SSSR count). The van der Waals surface area contributed by atoms with Gasteiger partial charge < -0.3 is 10.1 Å². The van der Waals surface area contributed by atoms with Crippen LogP contribution in [-0.4, -0.2) is 22.4 Å². The molecule has 0 saturated carbocycles. The van der Waals surface area contributed by atoms with E-state index in [-0.39, 0.29) is 29.2 Å². The highest BCUT2D eigenvalue weighted by molar-refractivity contribution is 5.99. The molecule has 0 bridgehead atoms. The van der Waals surface area contributed by atoms with Crippen molar-refractivity contribution in [3.8, 4) is 5.75 Å². The molecule has 0 spiro atoms. The minimum atomic E-state index is -2.32. The van der Waals surface area contributed by atoms with Gasteiger partial charge in [0.05, 0.1) is 11.5 Å². The van der Waals surface area contributed by atoms with Gasteiger partial charge in [-0.2, -0.15) is 0 Å². The Balaban J connectivity index is 2.00. The van der Waals surface area contributed by atoms with Crippen molar-refractivity contribution in [2.24, 2.45) is 5.92 Å². The number of nitro groups is 1. The number of non-ortho nitro benzene ring substituents is 1. The maximum Gasteiger partial charge on any atom is 0.295 e. The van der Waals surface area contributed by atoms with Crippen molar-refractivity contribution in [2.45, 2.75) is 20.4 Å². The maximum absolute atomic E-state index is 13.9. The summed E-state index contributed by atoms with van der Waals surface area (Å²) < 4.78 is 73.3. The van der Waals surface area contributed by atoms with Crippen LogP contribution in [0.15, 0.2) is 24.3 Å². The molecule has 2 aromatic carbocycles. The number of rotatable bonds is 7. The van der Waals surface area contributed by atoms with Crippen molar-refractivity contribution < 1.29 is 36.4 Å². The molecule has 0 fully saturated rings. The van der Waals surface area contributed by atoms with E-state index in [0.717, 1.165) is 6.07 Å². The first kappa shape index (κ1) is 23.8. The first-order chi connectivity index (χ1) is 15.5. The third-order valence-corrected chi connectivity index (χ3v) is 4.51. The molecule has 1 amide bonds. The lowest BCUT2D eigenvalue weighted by Gasteiger charge is -2.13. The number of hydrogen-bond acceptors (Lipinski definition) is 5. The van der Waals surface area contributed by atoms with Gasteiger partial charge in [-0.1, -0.05) is 19.9 Å². The summed E-state index contributed by atoms with van der Waals surface area (Å²) in [6.07, 6.45) is 0. The van der Waals surface area contributed by atoms with Crippen molar-refractivity contribution in [3.63, 3.8) is 0 Å². The number of fused-ring (bicyclic) bond motifs is 1. The van der Waals surface area contributed by atoms with E-state index < -0.39 is 63.4 Å². The highest BCUT2D eigenvalue weighted by Crippen LogP contribution is 2.32. The van der Waals surface area contributed by atoms with E-state index >= 15 is 0 Å². The van der Waals surface area contributed by atoms with Crippen LogP contribution in [0.1, 0.15) is 29.9 Å². The fourth-order valence-electron chi connectivity index (χ4n) is 2.91. The number of benzene rings is 2. The maximum atomic E-state index is 13.9. The Hall–Kier alpha value is -3.83. The Morgan fingerprint density at radius 3 is 2.27 bits per heavy atom. The average Bonchev–Trinajstić information content (AvgIpc) is 2.78. The second-order valence-electron chi connectivity index (χ2n) is 7.37. The van der Waals surface area contributed by atoms with Crippen molar-refractivity contribution in [2.75, 3.05) is 6.61 Å². The molecule has 1 N–H and O–H groups in total. The second kappa shape index (κ2) is 9.35. The third-order valence-electron chi connectivity index (χ3n) is 4.51. The van der Waals surface area contributed by atoms with E-state index in [1.807, 2.05) is 19.2 Å². The summed E-state index contributed by atoms with van der Waals surface area (Å²) in [5.74, 6) is -11.7. The summed E-state index contributed by atoms with van der Waals surface area (Å²) in [4.78, 5) is 27.2. The fourth-order valence-corrected chi connectivity index (χ4v) is 2.91. The average molecular weight is 469 g/mol.